The fraction of sp³-hybridized carbons (Fsp3) is 0.200. The maximum atomic E-state index is 14.3. The number of methoxy groups -OCH3 is 1. The molecule has 1 unspecified atom stereocenters. The number of nitrogens with zero attached hydrogens (tertiary/aromatic N) is 2. The molecule has 9 nitrogen and oxygen atoms in total. The van der Waals surface area contributed by atoms with Crippen LogP contribution in [-0.4, -0.2) is 43.0 Å². The van der Waals surface area contributed by atoms with Gasteiger partial charge in [-0.2, -0.15) is 5.26 Å². The number of ether oxygens (including phenoxy) is 3. The van der Waals surface area contributed by atoms with Gasteiger partial charge in [0.25, 0.3) is 0 Å². The zero-order valence-electron chi connectivity index (χ0n) is 18.5. The molecule has 0 radical (unpaired) electrons. The number of carbonyl (C=O) groups excluding carboxylic acids is 3. The van der Waals surface area contributed by atoms with Crippen LogP contribution in [0.25, 0.3) is 5.70 Å². The van der Waals surface area contributed by atoms with Crippen LogP contribution in [-0.2, 0) is 29.3 Å². The molecule has 0 saturated carbocycles. The Labute approximate surface area is 195 Å². The van der Waals surface area contributed by atoms with Gasteiger partial charge in [-0.05, 0) is 18.6 Å². The summed E-state index contributed by atoms with van der Waals surface area (Å²) in [5.41, 5.74) is 4.60. The van der Waals surface area contributed by atoms with Gasteiger partial charge in [-0.25, -0.2) is 4.79 Å². The highest BCUT2D eigenvalue weighted by atomic mass is 16.5. The average Bonchev–Trinajstić information content (AvgIpc) is 3.09. The highest BCUT2D eigenvalue weighted by molar-refractivity contribution is 6.19. The molecule has 1 atom stereocenters. The molecule has 2 aliphatic heterocycles. The number of nitriles is 1. The van der Waals surface area contributed by atoms with Crippen LogP contribution in [0, 0.1) is 11.3 Å². The van der Waals surface area contributed by atoms with Crippen molar-refractivity contribution in [1.29, 1.82) is 5.26 Å². The Morgan fingerprint density at radius 2 is 1.82 bits per heavy atom. The van der Waals surface area contributed by atoms with Crippen LogP contribution in [0.2, 0.25) is 0 Å². The van der Waals surface area contributed by atoms with Crippen LogP contribution < -0.4 is 10.5 Å². The number of carbonyl (C=O) groups is 3. The van der Waals surface area contributed by atoms with Crippen LogP contribution in [0.5, 0.6) is 5.75 Å². The van der Waals surface area contributed by atoms with E-state index < -0.39 is 29.8 Å². The lowest BCUT2D eigenvalue weighted by molar-refractivity contribution is -0.145. The summed E-state index contributed by atoms with van der Waals surface area (Å²) in [7, 11) is 1.19. The number of rotatable bonds is 5. The van der Waals surface area contributed by atoms with E-state index in [0.29, 0.717) is 5.56 Å². The van der Waals surface area contributed by atoms with E-state index >= 15 is 0 Å². The van der Waals surface area contributed by atoms with Crippen LogP contribution in [0.3, 0.4) is 0 Å². The molecule has 4 rings (SSSR count). The molecule has 0 saturated heterocycles. The van der Waals surface area contributed by atoms with Crippen molar-refractivity contribution in [2.75, 3.05) is 20.3 Å². The second-order valence-electron chi connectivity index (χ2n) is 7.48. The van der Waals surface area contributed by atoms with Gasteiger partial charge in [0, 0.05) is 5.56 Å². The van der Waals surface area contributed by atoms with Crippen molar-refractivity contribution in [3.05, 3.63) is 82.8 Å². The normalized spacial score (nSPS) is 19.0. The van der Waals surface area contributed by atoms with Crippen molar-refractivity contribution in [2.45, 2.75) is 12.3 Å². The number of hydrogen-bond acceptors (Lipinski definition) is 8. The summed E-state index contributed by atoms with van der Waals surface area (Å²) in [6.07, 6.45) is 0. The molecule has 1 spiro atoms. The molecule has 2 heterocycles. The zero-order valence-corrected chi connectivity index (χ0v) is 18.5. The molecule has 2 aromatic carbocycles. The SMILES string of the molecule is CCOC(=O)C1=C(c2ccccc2)N(CC(=O)OC)C(=O)C12C(C#N)=C(N)Oc1ccccc12. The van der Waals surface area contributed by atoms with Crippen LogP contribution in [0.1, 0.15) is 18.1 Å². The summed E-state index contributed by atoms with van der Waals surface area (Å²) in [6, 6.07) is 17.1. The Morgan fingerprint density at radius 1 is 1.15 bits per heavy atom. The highest BCUT2D eigenvalue weighted by Gasteiger charge is 2.63. The predicted molar refractivity (Wildman–Crippen MR) is 119 cm³/mol. The minimum Gasteiger partial charge on any atom is -0.468 e. The van der Waals surface area contributed by atoms with E-state index in [0.717, 1.165) is 4.90 Å². The lowest BCUT2D eigenvalue weighted by Crippen LogP contribution is -2.48. The lowest BCUT2D eigenvalue weighted by Gasteiger charge is -2.35. The quantitative estimate of drug-likeness (QED) is 0.672. The van der Waals surface area contributed by atoms with Gasteiger partial charge in [0.1, 0.15) is 23.9 Å². The standard InChI is InChI=1S/C25H21N3O6/c1-3-33-23(30)20-21(15-9-5-4-6-10-15)28(14-19(29)32-2)24(31)25(20)16-11-7-8-12-18(16)34-22(27)17(25)13-26/h4-12H,3,14,27H2,1-2H3. The van der Waals surface area contributed by atoms with Gasteiger partial charge >= 0.3 is 11.9 Å². The first kappa shape index (κ1) is 22.6. The summed E-state index contributed by atoms with van der Waals surface area (Å²) >= 11 is 0. The maximum absolute atomic E-state index is 14.3. The Balaban J connectivity index is 2.17. The van der Waals surface area contributed by atoms with Crippen molar-refractivity contribution >= 4 is 23.5 Å². The zero-order chi connectivity index (χ0) is 24.5. The molecular weight excluding hydrogens is 438 g/mol. The number of hydrogen-bond donors (Lipinski definition) is 1. The van der Waals surface area contributed by atoms with Gasteiger partial charge < -0.3 is 19.9 Å². The number of amides is 1. The molecule has 0 fully saturated rings. The predicted octanol–water partition coefficient (Wildman–Crippen LogP) is 2.00. The molecular formula is C25H21N3O6. The molecule has 2 N–H and O–H groups in total. The first-order valence-electron chi connectivity index (χ1n) is 10.5. The van der Waals surface area contributed by atoms with E-state index in [1.54, 1.807) is 61.5 Å². The van der Waals surface area contributed by atoms with Crippen molar-refractivity contribution in [3.63, 3.8) is 0 Å². The molecule has 34 heavy (non-hydrogen) atoms. The van der Waals surface area contributed by atoms with Crippen LogP contribution in [0.4, 0.5) is 0 Å². The van der Waals surface area contributed by atoms with E-state index in [1.165, 1.54) is 7.11 Å². The van der Waals surface area contributed by atoms with Gasteiger partial charge in [-0.15, -0.1) is 0 Å². The smallest absolute Gasteiger partial charge is 0.337 e. The monoisotopic (exact) mass is 459 g/mol. The molecule has 172 valence electrons. The third kappa shape index (κ3) is 3.19. The summed E-state index contributed by atoms with van der Waals surface area (Å²) < 4.78 is 15.8. The minimum absolute atomic E-state index is 0.0188. The minimum atomic E-state index is -1.97. The molecule has 0 aliphatic carbocycles. The largest absolute Gasteiger partial charge is 0.468 e. The summed E-state index contributed by atoms with van der Waals surface area (Å²) in [6.45, 7) is 1.15. The van der Waals surface area contributed by atoms with Crippen molar-refractivity contribution in [1.82, 2.24) is 4.90 Å². The Hall–Kier alpha value is -4.58. The third-order valence-corrected chi connectivity index (χ3v) is 5.73. The molecule has 2 aliphatic rings. The highest BCUT2D eigenvalue weighted by Crippen LogP contribution is 2.55. The van der Waals surface area contributed by atoms with Crippen molar-refractivity contribution in [2.24, 2.45) is 5.73 Å². The molecule has 9 heteroatoms. The maximum Gasteiger partial charge on any atom is 0.337 e. The van der Waals surface area contributed by atoms with Gasteiger partial charge in [0.2, 0.25) is 11.8 Å². The average molecular weight is 459 g/mol. The number of esters is 2. The molecule has 1 amide bonds. The van der Waals surface area contributed by atoms with E-state index in [1.807, 2.05) is 6.07 Å². The molecule has 0 bridgehead atoms. The first-order valence-corrected chi connectivity index (χ1v) is 10.5. The van der Waals surface area contributed by atoms with E-state index in [-0.39, 0.29) is 40.6 Å². The van der Waals surface area contributed by atoms with Gasteiger partial charge in [-0.3, -0.25) is 14.5 Å². The number of fused-ring (bicyclic) bond motifs is 2. The fourth-order valence-electron chi connectivity index (χ4n) is 4.39. The van der Waals surface area contributed by atoms with Crippen LogP contribution >= 0.6 is 0 Å². The van der Waals surface area contributed by atoms with Crippen molar-refractivity contribution < 1.29 is 28.6 Å². The second-order valence-corrected chi connectivity index (χ2v) is 7.48. The third-order valence-electron chi connectivity index (χ3n) is 5.73. The van der Waals surface area contributed by atoms with Gasteiger partial charge in [-0.1, -0.05) is 48.5 Å². The van der Waals surface area contributed by atoms with Gasteiger partial charge in [0.15, 0.2) is 5.41 Å². The summed E-state index contributed by atoms with van der Waals surface area (Å²) in [4.78, 5) is 41.3. The molecule has 2 aromatic rings. The van der Waals surface area contributed by atoms with E-state index in [9.17, 15) is 19.6 Å². The topological polar surface area (TPSA) is 132 Å². The van der Waals surface area contributed by atoms with Crippen LogP contribution in [0.15, 0.2) is 71.6 Å². The second kappa shape index (κ2) is 8.75. The van der Waals surface area contributed by atoms with E-state index in [2.05, 4.69) is 0 Å². The van der Waals surface area contributed by atoms with E-state index in [4.69, 9.17) is 19.9 Å². The lowest BCUT2D eigenvalue weighted by atomic mass is 9.67. The number of benzene rings is 2. The Kier molecular flexibility index (Phi) is 5.82. The fourth-order valence-corrected chi connectivity index (χ4v) is 4.39. The first-order chi connectivity index (χ1) is 16.4. The Bertz CT molecular complexity index is 1290. The van der Waals surface area contributed by atoms with Crippen molar-refractivity contribution in [3.8, 4) is 11.8 Å². The summed E-state index contributed by atoms with van der Waals surface area (Å²) in [5.74, 6) is -2.35. The molecule has 0 aromatic heterocycles. The number of para-hydroxylation sites is 1. The Morgan fingerprint density at radius 3 is 2.47 bits per heavy atom. The number of nitrogens with two attached hydrogens (primary N) is 1. The summed E-state index contributed by atoms with van der Waals surface area (Å²) in [5, 5.41) is 10.1. The van der Waals surface area contributed by atoms with Gasteiger partial charge in [0.05, 0.1) is 25.0 Å².